The molecule has 1 aliphatic heterocycles. The van der Waals surface area contributed by atoms with E-state index in [0.29, 0.717) is 22.6 Å². The Morgan fingerprint density at radius 2 is 1.66 bits per heavy atom. The summed E-state index contributed by atoms with van der Waals surface area (Å²) in [6.45, 7) is 5.96. The standard InChI is InChI=1S/C24H19ClN6O/c1-13-4-6-16(7-5-13)20-19-14(2)28-31(18-10-8-17(25)9-11-18)24(19)32-23-21(20)22-27-15(3)29-30(22)12-26-23/h4-12,20H,1-3H3. The van der Waals surface area contributed by atoms with Gasteiger partial charge in [0.2, 0.25) is 11.8 Å². The van der Waals surface area contributed by atoms with Crippen LogP contribution in [0.1, 0.15) is 39.7 Å². The first-order valence-corrected chi connectivity index (χ1v) is 10.7. The van der Waals surface area contributed by atoms with Crippen LogP contribution in [-0.2, 0) is 0 Å². The summed E-state index contributed by atoms with van der Waals surface area (Å²) in [7, 11) is 0. The molecule has 0 saturated carbocycles. The van der Waals surface area contributed by atoms with Crippen molar-refractivity contribution in [1.29, 1.82) is 0 Å². The van der Waals surface area contributed by atoms with Gasteiger partial charge in [-0.25, -0.2) is 19.2 Å². The fourth-order valence-corrected chi connectivity index (χ4v) is 4.46. The molecule has 5 aromatic rings. The lowest BCUT2D eigenvalue weighted by atomic mass is 9.84. The Morgan fingerprint density at radius 1 is 0.906 bits per heavy atom. The molecule has 158 valence electrons. The largest absolute Gasteiger partial charge is 0.420 e. The molecule has 1 atom stereocenters. The topological polar surface area (TPSA) is 70.1 Å². The summed E-state index contributed by atoms with van der Waals surface area (Å²) in [6.07, 6.45) is 1.64. The molecule has 7 nitrogen and oxygen atoms in total. The Bertz CT molecular complexity index is 1480. The number of hydrogen-bond donors (Lipinski definition) is 0. The van der Waals surface area contributed by atoms with Gasteiger partial charge in [-0.15, -0.1) is 0 Å². The Morgan fingerprint density at radius 3 is 2.41 bits per heavy atom. The molecule has 0 saturated heterocycles. The van der Waals surface area contributed by atoms with Gasteiger partial charge in [0, 0.05) is 5.02 Å². The van der Waals surface area contributed by atoms with Crippen molar-refractivity contribution < 1.29 is 4.74 Å². The Hall–Kier alpha value is -3.71. The SMILES string of the molecule is Cc1ccc(C2c3c(C)nn(-c4ccc(Cl)cc4)c3Oc3ncn4nc(C)nc4c32)cc1. The van der Waals surface area contributed by atoms with Gasteiger partial charge in [-0.2, -0.15) is 10.2 Å². The van der Waals surface area contributed by atoms with E-state index in [2.05, 4.69) is 46.3 Å². The zero-order chi connectivity index (χ0) is 22.0. The summed E-state index contributed by atoms with van der Waals surface area (Å²) in [5, 5.41) is 9.96. The van der Waals surface area contributed by atoms with E-state index in [1.54, 1.807) is 10.8 Å². The second-order valence-electron chi connectivity index (χ2n) is 8.03. The van der Waals surface area contributed by atoms with Gasteiger partial charge in [0.05, 0.1) is 28.4 Å². The number of halogens is 1. The van der Waals surface area contributed by atoms with Crippen LogP contribution in [0.4, 0.5) is 0 Å². The minimum atomic E-state index is -0.143. The average Bonchev–Trinajstić information content (AvgIpc) is 3.33. The molecule has 0 radical (unpaired) electrons. The Balaban J connectivity index is 1.65. The number of fused-ring (bicyclic) bond motifs is 4. The summed E-state index contributed by atoms with van der Waals surface area (Å²) < 4.78 is 9.90. The number of hydrogen-bond acceptors (Lipinski definition) is 5. The molecule has 2 aromatic carbocycles. The molecule has 0 N–H and O–H groups in total. The molecule has 3 aromatic heterocycles. The van der Waals surface area contributed by atoms with Crippen molar-refractivity contribution in [1.82, 2.24) is 29.4 Å². The highest BCUT2D eigenvalue weighted by atomic mass is 35.5. The molecular weight excluding hydrogens is 424 g/mol. The summed E-state index contributed by atoms with van der Waals surface area (Å²) in [6, 6.07) is 16.1. The van der Waals surface area contributed by atoms with Gasteiger partial charge in [0.1, 0.15) is 12.2 Å². The fourth-order valence-electron chi connectivity index (χ4n) is 4.33. The minimum Gasteiger partial charge on any atom is -0.420 e. The molecule has 0 fully saturated rings. The number of aromatic nitrogens is 6. The third-order valence-corrected chi connectivity index (χ3v) is 6.06. The van der Waals surface area contributed by atoms with E-state index in [0.717, 1.165) is 33.7 Å². The molecule has 6 rings (SSSR count). The van der Waals surface area contributed by atoms with Crippen molar-refractivity contribution in [3.05, 3.63) is 93.7 Å². The highest BCUT2D eigenvalue weighted by molar-refractivity contribution is 6.30. The molecule has 0 amide bonds. The molecule has 0 bridgehead atoms. The van der Waals surface area contributed by atoms with E-state index < -0.39 is 0 Å². The molecule has 0 aliphatic carbocycles. The predicted molar refractivity (Wildman–Crippen MR) is 121 cm³/mol. The number of aryl methyl sites for hydroxylation is 3. The van der Waals surface area contributed by atoms with Crippen LogP contribution in [0.2, 0.25) is 5.02 Å². The van der Waals surface area contributed by atoms with Gasteiger partial charge in [-0.1, -0.05) is 41.4 Å². The smallest absolute Gasteiger partial charge is 0.230 e. The number of ether oxygens (including phenoxy) is 1. The van der Waals surface area contributed by atoms with Crippen LogP contribution in [0, 0.1) is 20.8 Å². The minimum absolute atomic E-state index is 0.143. The summed E-state index contributed by atoms with van der Waals surface area (Å²) >= 11 is 6.10. The molecule has 4 heterocycles. The van der Waals surface area contributed by atoms with Crippen LogP contribution in [0.5, 0.6) is 11.8 Å². The van der Waals surface area contributed by atoms with Crippen LogP contribution in [0.25, 0.3) is 11.3 Å². The van der Waals surface area contributed by atoms with Crippen LogP contribution in [0.3, 0.4) is 0 Å². The summed E-state index contributed by atoms with van der Waals surface area (Å²) in [5.74, 6) is 1.70. The van der Waals surface area contributed by atoms with E-state index in [1.807, 2.05) is 42.8 Å². The predicted octanol–water partition coefficient (Wildman–Crippen LogP) is 5.17. The number of benzene rings is 2. The average molecular weight is 443 g/mol. The highest BCUT2D eigenvalue weighted by Gasteiger charge is 2.37. The lowest BCUT2D eigenvalue weighted by Gasteiger charge is -2.26. The van der Waals surface area contributed by atoms with Gasteiger partial charge in [0.15, 0.2) is 5.65 Å². The Kier molecular flexibility index (Phi) is 4.10. The third kappa shape index (κ3) is 2.81. The zero-order valence-electron chi connectivity index (χ0n) is 17.7. The van der Waals surface area contributed by atoms with Crippen molar-refractivity contribution in [3.8, 4) is 17.4 Å². The van der Waals surface area contributed by atoms with Crippen molar-refractivity contribution in [2.75, 3.05) is 0 Å². The van der Waals surface area contributed by atoms with E-state index in [-0.39, 0.29) is 5.92 Å². The van der Waals surface area contributed by atoms with E-state index in [1.165, 1.54) is 5.56 Å². The van der Waals surface area contributed by atoms with Gasteiger partial charge in [0.25, 0.3) is 0 Å². The maximum absolute atomic E-state index is 6.38. The maximum atomic E-state index is 6.38. The number of rotatable bonds is 2. The highest BCUT2D eigenvalue weighted by Crippen LogP contribution is 2.49. The lowest BCUT2D eigenvalue weighted by Crippen LogP contribution is -2.16. The summed E-state index contributed by atoms with van der Waals surface area (Å²) in [4.78, 5) is 9.27. The first-order chi connectivity index (χ1) is 15.5. The zero-order valence-corrected chi connectivity index (χ0v) is 18.5. The van der Waals surface area contributed by atoms with Crippen molar-refractivity contribution in [2.45, 2.75) is 26.7 Å². The van der Waals surface area contributed by atoms with Gasteiger partial charge >= 0.3 is 0 Å². The van der Waals surface area contributed by atoms with Crippen LogP contribution in [-0.4, -0.2) is 29.4 Å². The molecule has 1 aliphatic rings. The third-order valence-electron chi connectivity index (χ3n) is 5.81. The first-order valence-electron chi connectivity index (χ1n) is 10.3. The normalized spacial score (nSPS) is 14.8. The second-order valence-corrected chi connectivity index (χ2v) is 8.47. The van der Waals surface area contributed by atoms with Gasteiger partial charge in [-0.05, 0) is 50.6 Å². The van der Waals surface area contributed by atoms with Crippen molar-refractivity contribution in [3.63, 3.8) is 0 Å². The van der Waals surface area contributed by atoms with E-state index >= 15 is 0 Å². The van der Waals surface area contributed by atoms with Crippen LogP contribution in [0.15, 0.2) is 54.9 Å². The van der Waals surface area contributed by atoms with Crippen molar-refractivity contribution >= 4 is 17.2 Å². The lowest BCUT2D eigenvalue weighted by molar-refractivity contribution is 0.402. The quantitative estimate of drug-likeness (QED) is 0.370. The summed E-state index contributed by atoms with van der Waals surface area (Å²) in [5.41, 5.74) is 6.69. The Labute approximate surface area is 189 Å². The molecular formula is C24H19ClN6O. The second kappa shape index (κ2) is 6.90. The molecule has 8 heteroatoms. The van der Waals surface area contributed by atoms with Crippen LogP contribution >= 0.6 is 11.6 Å². The van der Waals surface area contributed by atoms with Gasteiger partial charge in [-0.3, -0.25) is 0 Å². The molecule has 0 spiro atoms. The maximum Gasteiger partial charge on any atom is 0.230 e. The number of nitrogens with zero attached hydrogens (tertiary/aromatic N) is 6. The first kappa shape index (κ1) is 19.0. The van der Waals surface area contributed by atoms with E-state index in [4.69, 9.17) is 21.4 Å². The molecule has 1 unspecified atom stereocenters. The van der Waals surface area contributed by atoms with Crippen LogP contribution < -0.4 is 4.74 Å². The molecule has 32 heavy (non-hydrogen) atoms. The van der Waals surface area contributed by atoms with Crippen molar-refractivity contribution in [2.24, 2.45) is 0 Å². The van der Waals surface area contributed by atoms with Gasteiger partial charge < -0.3 is 4.74 Å². The monoisotopic (exact) mass is 442 g/mol. The fraction of sp³-hybridized carbons (Fsp3) is 0.167. The van der Waals surface area contributed by atoms with E-state index in [9.17, 15) is 0 Å².